The van der Waals surface area contributed by atoms with Crippen molar-refractivity contribution in [1.82, 2.24) is 15.2 Å². The molecule has 0 saturated carbocycles. The molecular formula is C29H35N3O5S. The summed E-state index contributed by atoms with van der Waals surface area (Å²) in [5.41, 5.74) is 4.99. The molecule has 38 heavy (non-hydrogen) atoms. The van der Waals surface area contributed by atoms with Gasteiger partial charge in [-0.2, -0.15) is 0 Å². The number of carbonyl (C=O) groups excluding carboxylic acids is 4. The van der Waals surface area contributed by atoms with E-state index >= 15 is 0 Å². The van der Waals surface area contributed by atoms with E-state index in [9.17, 15) is 24.3 Å². The summed E-state index contributed by atoms with van der Waals surface area (Å²) in [5.74, 6) is -2.26. The number of ketones is 2. The number of Topliss-reactive ketones (excluding diaryl/α,β-unsaturated/α-hetero) is 1. The molecule has 2 heterocycles. The third-order valence-electron chi connectivity index (χ3n) is 6.82. The zero-order valence-electron chi connectivity index (χ0n) is 22.3. The Morgan fingerprint density at radius 3 is 2.50 bits per heavy atom. The van der Waals surface area contributed by atoms with Crippen LogP contribution >= 0.6 is 11.3 Å². The maximum Gasteiger partial charge on any atom is 0.243 e. The van der Waals surface area contributed by atoms with Crippen LogP contribution in [0.3, 0.4) is 0 Å². The summed E-state index contributed by atoms with van der Waals surface area (Å²) in [4.78, 5) is 57.7. The van der Waals surface area contributed by atoms with Crippen molar-refractivity contribution >= 4 is 34.7 Å². The van der Waals surface area contributed by atoms with Crippen molar-refractivity contribution in [1.29, 1.82) is 0 Å². The van der Waals surface area contributed by atoms with Gasteiger partial charge in [-0.3, -0.25) is 19.2 Å². The van der Waals surface area contributed by atoms with E-state index in [4.69, 9.17) is 0 Å². The highest BCUT2D eigenvalue weighted by Gasteiger charge is 2.42. The molecule has 1 fully saturated rings. The lowest BCUT2D eigenvalue weighted by molar-refractivity contribution is -0.144. The second kappa shape index (κ2) is 12.9. The Labute approximate surface area is 227 Å². The molecule has 0 spiro atoms. The molecule has 1 aliphatic heterocycles. The number of allylic oxidation sites excluding steroid dienone is 3. The van der Waals surface area contributed by atoms with Gasteiger partial charge < -0.3 is 15.3 Å². The van der Waals surface area contributed by atoms with Crippen LogP contribution in [0.4, 0.5) is 0 Å². The number of aryl methyl sites for hydroxylation is 1. The molecule has 0 radical (unpaired) electrons. The molecule has 1 aliphatic rings. The highest BCUT2D eigenvalue weighted by atomic mass is 32.1. The fourth-order valence-corrected chi connectivity index (χ4v) is 5.31. The van der Waals surface area contributed by atoms with Crippen LogP contribution in [0.25, 0.3) is 10.4 Å². The Balaban J connectivity index is 1.67. The van der Waals surface area contributed by atoms with E-state index in [1.807, 2.05) is 50.5 Å². The minimum atomic E-state index is -0.827. The van der Waals surface area contributed by atoms with Gasteiger partial charge in [-0.1, -0.05) is 44.7 Å². The third-order valence-corrected chi connectivity index (χ3v) is 7.80. The molecule has 0 aliphatic carbocycles. The van der Waals surface area contributed by atoms with Crippen LogP contribution in [0, 0.1) is 18.8 Å². The number of amides is 2. The zero-order chi connectivity index (χ0) is 28.0. The number of benzene rings is 1. The van der Waals surface area contributed by atoms with Gasteiger partial charge in [0.1, 0.15) is 6.04 Å². The van der Waals surface area contributed by atoms with Gasteiger partial charge in [0.25, 0.3) is 0 Å². The molecule has 1 aromatic carbocycles. The molecule has 9 heteroatoms. The second-order valence-electron chi connectivity index (χ2n) is 9.99. The first-order valence-corrected chi connectivity index (χ1v) is 13.5. The first kappa shape index (κ1) is 29.1. The van der Waals surface area contributed by atoms with Gasteiger partial charge >= 0.3 is 0 Å². The van der Waals surface area contributed by atoms with Crippen LogP contribution in [-0.4, -0.2) is 57.1 Å². The summed E-state index contributed by atoms with van der Waals surface area (Å²) < 4.78 is 0. The Kier molecular flexibility index (Phi) is 9.88. The smallest absolute Gasteiger partial charge is 0.243 e. The number of nitrogens with one attached hydrogen (secondary N) is 1. The van der Waals surface area contributed by atoms with E-state index < -0.39 is 18.1 Å². The van der Waals surface area contributed by atoms with Gasteiger partial charge in [0, 0.05) is 31.8 Å². The number of hydrogen-bond donors (Lipinski definition) is 2. The molecule has 3 atom stereocenters. The Morgan fingerprint density at radius 2 is 1.92 bits per heavy atom. The first-order valence-electron chi connectivity index (χ1n) is 12.6. The van der Waals surface area contributed by atoms with E-state index in [2.05, 4.69) is 16.9 Å². The van der Waals surface area contributed by atoms with Crippen LogP contribution in [0.5, 0.6) is 0 Å². The van der Waals surface area contributed by atoms with Crippen LogP contribution in [0.15, 0.2) is 54.1 Å². The molecule has 3 rings (SSSR count). The summed E-state index contributed by atoms with van der Waals surface area (Å²) in [6.07, 6.45) is 1.54. The lowest BCUT2D eigenvalue weighted by atomic mass is 9.87. The van der Waals surface area contributed by atoms with E-state index in [1.54, 1.807) is 11.3 Å². The van der Waals surface area contributed by atoms with E-state index in [1.165, 1.54) is 17.9 Å². The molecule has 2 amide bonds. The van der Waals surface area contributed by atoms with Crippen molar-refractivity contribution < 1.29 is 24.3 Å². The number of β-amino-alcohol motifs (C(OH)–C–C–N with tert-alkyl or cyclic N) is 1. The number of likely N-dealkylation sites (tertiary alicyclic amines) is 1. The van der Waals surface area contributed by atoms with Crippen LogP contribution in [0.2, 0.25) is 0 Å². The van der Waals surface area contributed by atoms with Gasteiger partial charge in [-0.15, -0.1) is 11.3 Å². The summed E-state index contributed by atoms with van der Waals surface area (Å²) in [6, 6.07) is 7.02. The number of aromatic nitrogens is 1. The van der Waals surface area contributed by atoms with Gasteiger partial charge in [-0.25, -0.2) is 4.98 Å². The summed E-state index contributed by atoms with van der Waals surface area (Å²) in [7, 11) is 0. The van der Waals surface area contributed by atoms with Gasteiger partial charge in [0.2, 0.25) is 11.8 Å². The molecule has 8 nitrogen and oxygen atoms in total. The van der Waals surface area contributed by atoms with Crippen molar-refractivity contribution in [2.75, 3.05) is 6.54 Å². The topological polar surface area (TPSA) is 117 Å². The Hall–Kier alpha value is -3.43. The van der Waals surface area contributed by atoms with Crippen LogP contribution < -0.4 is 5.32 Å². The van der Waals surface area contributed by atoms with E-state index in [-0.39, 0.29) is 60.8 Å². The predicted octanol–water partition coefficient (Wildman–Crippen LogP) is 3.63. The average molecular weight is 538 g/mol. The average Bonchev–Trinajstić information content (AvgIpc) is 3.50. The summed E-state index contributed by atoms with van der Waals surface area (Å²) >= 11 is 1.57. The SMILES string of the molecule is C=CC(=O)C=C(C)C(=O)CC(C(=O)N1CC(O)CC1C(=O)NCc1ccc(-c2scnc2C)cc1)C(C)C. The van der Waals surface area contributed by atoms with Crippen molar-refractivity contribution in [3.05, 3.63) is 65.3 Å². The highest BCUT2D eigenvalue weighted by Crippen LogP contribution is 2.28. The first-order chi connectivity index (χ1) is 18.0. The van der Waals surface area contributed by atoms with Crippen LogP contribution in [-0.2, 0) is 25.7 Å². The quantitative estimate of drug-likeness (QED) is 0.423. The molecule has 2 aromatic rings. The molecule has 2 N–H and O–H groups in total. The summed E-state index contributed by atoms with van der Waals surface area (Å²) in [6.45, 7) is 10.9. The molecule has 0 bridgehead atoms. The second-order valence-corrected chi connectivity index (χ2v) is 10.8. The van der Waals surface area contributed by atoms with Gasteiger partial charge in [0.15, 0.2) is 11.6 Å². The third kappa shape index (κ3) is 7.11. The zero-order valence-corrected chi connectivity index (χ0v) is 23.1. The van der Waals surface area contributed by atoms with Crippen molar-refractivity contribution in [3.63, 3.8) is 0 Å². The lowest BCUT2D eigenvalue weighted by Gasteiger charge is -2.29. The van der Waals surface area contributed by atoms with Gasteiger partial charge in [0.05, 0.1) is 22.2 Å². The predicted molar refractivity (Wildman–Crippen MR) is 147 cm³/mol. The van der Waals surface area contributed by atoms with Crippen LogP contribution in [0.1, 0.15) is 44.9 Å². The largest absolute Gasteiger partial charge is 0.391 e. The number of thiazole rings is 1. The van der Waals surface area contributed by atoms with Crippen molar-refractivity contribution in [2.45, 2.75) is 59.2 Å². The van der Waals surface area contributed by atoms with Crippen molar-refractivity contribution in [3.8, 4) is 10.4 Å². The fraction of sp³-hybridized carbons (Fsp3) is 0.414. The Morgan fingerprint density at radius 1 is 1.24 bits per heavy atom. The molecule has 1 aromatic heterocycles. The minimum Gasteiger partial charge on any atom is -0.391 e. The normalized spacial score (nSPS) is 18.4. The number of carbonyl (C=O) groups is 4. The molecule has 202 valence electrons. The monoisotopic (exact) mass is 537 g/mol. The lowest BCUT2D eigenvalue weighted by Crippen LogP contribution is -2.48. The van der Waals surface area contributed by atoms with E-state index in [0.29, 0.717) is 0 Å². The Bertz CT molecular complexity index is 1230. The van der Waals surface area contributed by atoms with Gasteiger partial charge in [-0.05, 0) is 48.6 Å². The summed E-state index contributed by atoms with van der Waals surface area (Å²) in [5, 5.41) is 13.2. The number of aliphatic hydroxyl groups excluding tert-OH is 1. The number of aliphatic hydroxyl groups is 1. The number of rotatable bonds is 11. The number of nitrogens with zero attached hydrogens (tertiary/aromatic N) is 2. The minimum absolute atomic E-state index is 0.0288. The maximum absolute atomic E-state index is 13.5. The fourth-order valence-electron chi connectivity index (χ4n) is 4.50. The molecular weight excluding hydrogens is 502 g/mol. The van der Waals surface area contributed by atoms with E-state index in [0.717, 1.165) is 27.8 Å². The standard InChI is InChI=1S/C29H35N3O5S/c1-6-22(33)11-18(4)26(35)13-24(17(2)3)29(37)32-15-23(34)12-25(32)28(36)30-14-20-7-9-21(10-8-20)27-19(5)31-16-38-27/h6-11,16-17,23-25,34H,1,12-15H2,2-5H3,(H,30,36). The maximum atomic E-state index is 13.5. The van der Waals surface area contributed by atoms with Crippen molar-refractivity contribution in [2.24, 2.45) is 11.8 Å². The molecule has 1 saturated heterocycles. The highest BCUT2D eigenvalue weighted by molar-refractivity contribution is 7.13. The number of hydrogen-bond acceptors (Lipinski definition) is 7. The molecule has 3 unspecified atom stereocenters.